The summed E-state index contributed by atoms with van der Waals surface area (Å²) in [7, 11) is 1.50. The van der Waals surface area contributed by atoms with Gasteiger partial charge in [-0.15, -0.1) is 0 Å². The number of nitrogens with two attached hydrogens (primary N) is 1. The molecular formula is C24H23FN8O2. The summed E-state index contributed by atoms with van der Waals surface area (Å²) in [6, 6.07) is 5.27. The lowest BCUT2D eigenvalue weighted by atomic mass is 10.0. The maximum absolute atomic E-state index is 12.9. The lowest BCUT2D eigenvalue weighted by molar-refractivity contribution is 0.0955. The highest BCUT2D eigenvalue weighted by Gasteiger charge is 2.22. The minimum atomic E-state index is -0.651. The van der Waals surface area contributed by atoms with Crippen LogP contribution in [0.1, 0.15) is 26.5 Å². The van der Waals surface area contributed by atoms with Crippen LogP contribution in [0, 0.1) is 0 Å². The molecule has 35 heavy (non-hydrogen) atoms. The topological polar surface area (TPSA) is 132 Å². The van der Waals surface area contributed by atoms with Crippen molar-refractivity contribution in [3.63, 3.8) is 0 Å². The predicted octanol–water partition coefficient (Wildman–Crippen LogP) is 1.80. The molecule has 4 aromatic rings. The Kier molecular flexibility index (Phi) is 5.91. The van der Waals surface area contributed by atoms with Crippen molar-refractivity contribution in [1.82, 2.24) is 34.9 Å². The van der Waals surface area contributed by atoms with Gasteiger partial charge in [0, 0.05) is 61.8 Å². The number of hydrogen-bond donors (Lipinski definition) is 2. The summed E-state index contributed by atoms with van der Waals surface area (Å²) in [6.45, 7) is 2.04. The molecule has 0 radical (unpaired) electrons. The van der Waals surface area contributed by atoms with Crippen molar-refractivity contribution in [2.75, 3.05) is 26.8 Å². The molecule has 11 heteroatoms. The fraction of sp³-hybridized carbons (Fsp3) is 0.250. The van der Waals surface area contributed by atoms with Crippen molar-refractivity contribution >= 4 is 22.6 Å². The molecule has 1 aliphatic rings. The van der Waals surface area contributed by atoms with Crippen LogP contribution in [-0.2, 0) is 13.1 Å². The first-order valence-electron chi connectivity index (χ1n) is 11.1. The molecule has 0 fully saturated rings. The molecule has 0 saturated carbocycles. The lowest BCUT2D eigenvalue weighted by Crippen LogP contribution is -2.35. The first kappa shape index (κ1) is 22.5. The zero-order valence-electron chi connectivity index (χ0n) is 19.0. The van der Waals surface area contributed by atoms with Crippen molar-refractivity contribution in [3.05, 3.63) is 59.9 Å². The van der Waals surface area contributed by atoms with E-state index in [1.165, 1.54) is 19.3 Å². The van der Waals surface area contributed by atoms with E-state index >= 15 is 0 Å². The van der Waals surface area contributed by atoms with E-state index in [9.17, 15) is 14.0 Å². The Balaban J connectivity index is 1.58. The number of rotatable bonds is 6. The number of aromatic nitrogens is 5. The van der Waals surface area contributed by atoms with E-state index < -0.39 is 18.5 Å². The molecule has 10 nitrogen and oxygen atoms in total. The fourth-order valence-electron chi connectivity index (χ4n) is 4.25. The smallest absolute Gasteiger partial charge is 0.270 e. The first-order valence-corrected chi connectivity index (χ1v) is 11.1. The van der Waals surface area contributed by atoms with Crippen molar-refractivity contribution in [2.45, 2.75) is 13.1 Å². The summed E-state index contributed by atoms with van der Waals surface area (Å²) in [5, 5.41) is 8.68. The molecular weight excluding hydrogens is 451 g/mol. The van der Waals surface area contributed by atoms with Gasteiger partial charge in [-0.2, -0.15) is 5.10 Å². The molecule has 5 rings (SSSR count). The molecule has 0 unspecified atom stereocenters. The molecule has 0 aliphatic carbocycles. The Hall–Kier alpha value is -4.25. The van der Waals surface area contributed by atoms with Gasteiger partial charge in [-0.25, -0.2) is 9.37 Å². The molecule has 0 bridgehead atoms. The van der Waals surface area contributed by atoms with Gasteiger partial charge in [0.05, 0.1) is 35.4 Å². The van der Waals surface area contributed by atoms with Crippen LogP contribution in [0.15, 0.2) is 43.0 Å². The van der Waals surface area contributed by atoms with Crippen molar-refractivity contribution in [1.29, 1.82) is 0 Å². The van der Waals surface area contributed by atoms with E-state index in [0.717, 1.165) is 34.3 Å². The predicted molar refractivity (Wildman–Crippen MR) is 127 cm³/mol. The van der Waals surface area contributed by atoms with Crippen LogP contribution in [0.25, 0.3) is 33.3 Å². The Labute approximate surface area is 200 Å². The van der Waals surface area contributed by atoms with Gasteiger partial charge in [-0.05, 0) is 23.6 Å². The molecule has 0 aromatic carbocycles. The van der Waals surface area contributed by atoms with E-state index in [1.54, 1.807) is 18.6 Å². The van der Waals surface area contributed by atoms with Crippen LogP contribution in [0.2, 0.25) is 0 Å². The maximum Gasteiger partial charge on any atom is 0.270 e. The second-order valence-electron chi connectivity index (χ2n) is 8.24. The molecule has 3 N–H and O–H groups in total. The summed E-state index contributed by atoms with van der Waals surface area (Å²) in [5.41, 5.74) is 9.21. The summed E-state index contributed by atoms with van der Waals surface area (Å²) >= 11 is 0. The standard InChI is InChI=1S/C24H23FN8O2/c1-27-24(35)22-17(6-15(9-30-22)23(26)34)19-7-14-8-20(29-11-16(14)10-28-19)18-12-31-33-5-4-32(3-2-25)13-21(18)33/h6-12H,2-5,13H2,1H3,(H2,26,34)(H,27,35). The molecule has 2 amide bonds. The third-order valence-electron chi connectivity index (χ3n) is 6.12. The SMILES string of the molecule is CNC(=O)c1ncc(C(N)=O)cc1-c1cc2cc(-c3cnn4c3CN(CCF)CC4)ncc2cn1. The number of pyridine rings is 3. The number of alkyl halides is 1. The van der Waals surface area contributed by atoms with Crippen LogP contribution < -0.4 is 11.1 Å². The second kappa shape index (κ2) is 9.18. The number of carbonyl (C=O) groups is 2. The molecule has 0 spiro atoms. The Morgan fingerprint density at radius 2 is 1.74 bits per heavy atom. The monoisotopic (exact) mass is 474 g/mol. The van der Waals surface area contributed by atoms with Gasteiger partial charge in [-0.3, -0.25) is 29.1 Å². The summed E-state index contributed by atoms with van der Waals surface area (Å²) in [4.78, 5) is 39.4. The number of nitrogens with one attached hydrogen (secondary N) is 1. The van der Waals surface area contributed by atoms with Crippen LogP contribution >= 0.6 is 0 Å². The minimum absolute atomic E-state index is 0.136. The van der Waals surface area contributed by atoms with Crippen LogP contribution in [0.3, 0.4) is 0 Å². The number of carbonyl (C=O) groups excluding carboxylic acids is 2. The number of halogens is 1. The van der Waals surface area contributed by atoms with Gasteiger partial charge >= 0.3 is 0 Å². The highest BCUT2D eigenvalue weighted by atomic mass is 19.1. The summed E-state index contributed by atoms with van der Waals surface area (Å²) in [6.07, 6.45) is 6.44. The third kappa shape index (κ3) is 4.21. The van der Waals surface area contributed by atoms with Crippen LogP contribution in [-0.4, -0.2) is 68.3 Å². The molecule has 1 aliphatic heterocycles. The Bertz CT molecular complexity index is 1450. The highest BCUT2D eigenvalue weighted by Crippen LogP contribution is 2.30. The highest BCUT2D eigenvalue weighted by molar-refractivity contribution is 6.02. The summed E-state index contributed by atoms with van der Waals surface area (Å²) in [5.74, 6) is -1.06. The molecule has 0 atom stereocenters. The van der Waals surface area contributed by atoms with Crippen molar-refractivity contribution < 1.29 is 14.0 Å². The van der Waals surface area contributed by atoms with Crippen molar-refractivity contribution in [3.8, 4) is 22.5 Å². The maximum atomic E-state index is 12.9. The average molecular weight is 475 g/mol. The number of fused-ring (bicyclic) bond motifs is 2. The van der Waals surface area contributed by atoms with Crippen LogP contribution in [0.5, 0.6) is 0 Å². The lowest BCUT2D eigenvalue weighted by Gasteiger charge is -2.27. The minimum Gasteiger partial charge on any atom is -0.366 e. The zero-order valence-corrected chi connectivity index (χ0v) is 19.0. The van der Waals surface area contributed by atoms with Gasteiger partial charge in [0.1, 0.15) is 12.4 Å². The molecule has 5 heterocycles. The largest absolute Gasteiger partial charge is 0.366 e. The zero-order chi connectivity index (χ0) is 24.5. The third-order valence-corrected chi connectivity index (χ3v) is 6.12. The van der Waals surface area contributed by atoms with Gasteiger partial charge in [-0.1, -0.05) is 0 Å². The van der Waals surface area contributed by atoms with E-state index in [-0.39, 0.29) is 11.3 Å². The number of nitrogens with zero attached hydrogens (tertiary/aromatic N) is 6. The Morgan fingerprint density at radius 3 is 2.43 bits per heavy atom. The Morgan fingerprint density at radius 1 is 1.00 bits per heavy atom. The van der Waals surface area contributed by atoms with Gasteiger partial charge < -0.3 is 11.1 Å². The fourth-order valence-corrected chi connectivity index (χ4v) is 4.25. The van der Waals surface area contributed by atoms with Crippen molar-refractivity contribution in [2.24, 2.45) is 5.73 Å². The molecule has 178 valence electrons. The van der Waals surface area contributed by atoms with E-state index in [0.29, 0.717) is 30.9 Å². The number of amides is 2. The molecule has 4 aromatic heterocycles. The van der Waals surface area contributed by atoms with Gasteiger partial charge in [0.15, 0.2) is 0 Å². The molecule has 0 saturated heterocycles. The number of primary amides is 1. The van der Waals surface area contributed by atoms with Crippen LogP contribution in [0.4, 0.5) is 4.39 Å². The van der Waals surface area contributed by atoms with E-state index in [1.807, 2.05) is 16.8 Å². The average Bonchev–Trinajstić information content (AvgIpc) is 3.30. The first-order chi connectivity index (χ1) is 17.0. The quantitative estimate of drug-likeness (QED) is 0.435. The van der Waals surface area contributed by atoms with Gasteiger partial charge in [0.2, 0.25) is 5.91 Å². The van der Waals surface area contributed by atoms with E-state index in [4.69, 9.17) is 5.73 Å². The van der Waals surface area contributed by atoms with Gasteiger partial charge in [0.25, 0.3) is 5.91 Å². The normalized spacial score (nSPS) is 13.5. The summed E-state index contributed by atoms with van der Waals surface area (Å²) < 4.78 is 14.8. The van der Waals surface area contributed by atoms with E-state index in [2.05, 4.69) is 30.3 Å². The second-order valence-corrected chi connectivity index (χ2v) is 8.24. The number of hydrogen-bond acceptors (Lipinski definition) is 7.